The maximum atomic E-state index is 10.7. The molecule has 3 rings (SSSR count). The second-order valence-electron chi connectivity index (χ2n) is 6.82. The first-order valence-electron chi connectivity index (χ1n) is 8.41. The Kier molecular flexibility index (Phi) is 4.48. The number of phenolic OH excluding ortho intramolecular Hbond substituents is 2. The van der Waals surface area contributed by atoms with Gasteiger partial charge < -0.3 is 10.2 Å². The quantitative estimate of drug-likeness (QED) is 0.704. The summed E-state index contributed by atoms with van der Waals surface area (Å²) in [5, 5.41) is 21.3. The van der Waals surface area contributed by atoms with E-state index < -0.39 is 0 Å². The second-order valence-corrected chi connectivity index (χ2v) is 6.82. The number of benzene rings is 2. The minimum Gasteiger partial charge on any atom is -0.507 e. The Hall–Kier alpha value is -2.48. The van der Waals surface area contributed by atoms with Crippen LogP contribution < -0.4 is 0 Å². The van der Waals surface area contributed by atoms with Crippen molar-refractivity contribution in [2.24, 2.45) is 5.92 Å². The van der Waals surface area contributed by atoms with Gasteiger partial charge in [0, 0.05) is 11.5 Å². The second kappa shape index (κ2) is 6.56. The predicted molar refractivity (Wildman–Crippen MR) is 99.2 cm³/mol. The molecule has 2 heteroatoms. The monoisotopic (exact) mass is 320 g/mol. The summed E-state index contributed by atoms with van der Waals surface area (Å²) < 4.78 is 0. The number of aromatic hydroxyl groups is 2. The number of rotatable bonds is 3. The Morgan fingerprint density at radius 3 is 2.25 bits per heavy atom. The van der Waals surface area contributed by atoms with Crippen LogP contribution in [-0.2, 0) is 0 Å². The zero-order valence-corrected chi connectivity index (χ0v) is 14.3. The minimum atomic E-state index is -0.0268. The van der Waals surface area contributed by atoms with Crippen molar-refractivity contribution < 1.29 is 10.2 Å². The fourth-order valence-electron chi connectivity index (χ4n) is 3.67. The fraction of sp³-hybridized carbons (Fsp3) is 0.273. The molecule has 24 heavy (non-hydrogen) atoms. The van der Waals surface area contributed by atoms with Gasteiger partial charge in [-0.1, -0.05) is 54.1 Å². The highest BCUT2D eigenvalue weighted by Gasteiger charge is 2.30. The van der Waals surface area contributed by atoms with Crippen LogP contribution >= 0.6 is 0 Å². The highest BCUT2D eigenvalue weighted by Crippen LogP contribution is 2.47. The smallest absolute Gasteiger partial charge is 0.123 e. The lowest BCUT2D eigenvalue weighted by Gasteiger charge is -2.31. The minimum absolute atomic E-state index is 0.0268. The average molecular weight is 320 g/mol. The van der Waals surface area contributed by atoms with Gasteiger partial charge in [0.05, 0.1) is 0 Å². The van der Waals surface area contributed by atoms with Gasteiger partial charge in [-0.2, -0.15) is 0 Å². The molecule has 2 aromatic carbocycles. The molecule has 0 fully saturated rings. The third kappa shape index (κ3) is 3.09. The van der Waals surface area contributed by atoms with E-state index in [9.17, 15) is 10.2 Å². The van der Waals surface area contributed by atoms with Gasteiger partial charge in [-0.15, -0.1) is 0 Å². The topological polar surface area (TPSA) is 40.5 Å². The van der Waals surface area contributed by atoms with Gasteiger partial charge in [0.2, 0.25) is 0 Å². The molecule has 0 aromatic heterocycles. The summed E-state index contributed by atoms with van der Waals surface area (Å²) in [6.07, 6.45) is 4.21. The van der Waals surface area contributed by atoms with Crippen LogP contribution in [0, 0.1) is 5.92 Å². The van der Waals surface area contributed by atoms with Gasteiger partial charge in [-0.25, -0.2) is 0 Å². The van der Waals surface area contributed by atoms with Gasteiger partial charge >= 0.3 is 0 Å². The number of hydrogen-bond acceptors (Lipinski definition) is 2. The fourth-order valence-corrected chi connectivity index (χ4v) is 3.67. The van der Waals surface area contributed by atoms with Crippen molar-refractivity contribution in [3.05, 3.63) is 71.8 Å². The molecule has 2 nitrogen and oxygen atoms in total. The lowest BCUT2D eigenvalue weighted by atomic mass is 9.73. The van der Waals surface area contributed by atoms with E-state index >= 15 is 0 Å². The lowest BCUT2D eigenvalue weighted by Crippen LogP contribution is -2.17. The molecule has 0 unspecified atom stereocenters. The van der Waals surface area contributed by atoms with Crippen molar-refractivity contribution >= 4 is 0 Å². The van der Waals surface area contributed by atoms with Crippen molar-refractivity contribution in [1.82, 2.24) is 0 Å². The third-order valence-electron chi connectivity index (χ3n) is 4.96. The standard InChI is InChI=1S/C22H24O2/c1-14(2)18-10-9-15(3)11-19(18)22-20(23)12-17(13-21(22)24)16-7-5-4-6-8-16/h4-8,11-13,18-19,23-24H,1,9-10H2,2-3H3/t18-,19+/m0/s1. The summed E-state index contributed by atoms with van der Waals surface area (Å²) in [6.45, 7) is 8.24. The van der Waals surface area contributed by atoms with Crippen LogP contribution in [0.2, 0.25) is 0 Å². The van der Waals surface area contributed by atoms with Gasteiger partial charge in [0.15, 0.2) is 0 Å². The first-order chi connectivity index (χ1) is 11.5. The number of allylic oxidation sites excluding steroid dienone is 3. The molecule has 0 radical (unpaired) electrons. The first kappa shape index (κ1) is 16.4. The Labute approximate surface area is 143 Å². The van der Waals surface area contributed by atoms with Gasteiger partial charge in [-0.05, 0) is 55.9 Å². The first-order valence-corrected chi connectivity index (χ1v) is 8.41. The molecule has 1 aliphatic rings. The van der Waals surface area contributed by atoms with Crippen LogP contribution in [0.15, 0.2) is 66.3 Å². The van der Waals surface area contributed by atoms with Gasteiger partial charge in [0.25, 0.3) is 0 Å². The van der Waals surface area contributed by atoms with Crippen LogP contribution in [-0.4, -0.2) is 10.2 Å². The molecule has 0 amide bonds. The maximum Gasteiger partial charge on any atom is 0.123 e. The Morgan fingerprint density at radius 1 is 1.04 bits per heavy atom. The van der Waals surface area contributed by atoms with Crippen LogP contribution in [0.3, 0.4) is 0 Å². The van der Waals surface area contributed by atoms with E-state index in [0.717, 1.165) is 29.5 Å². The van der Waals surface area contributed by atoms with E-state index in [1.165, 1.54) is 5.57 Å². The third-order valence-corrected chi connectivity index (χ3v) is 4.96. The molecule has 1 aliphatic carbocycles. The zero-order valence-electron chi connectivity index (χ0n) is 14.3. The van der Waals surface area contributed by atoms with E-state index in [0.29, 0.717) is 5.56 Å². The van der Waals surface area contributed by atoms with Crippen LogP contribution in [0.5, 0.6) is 11.5 Å². The SMILES string of the molecule is C=C(C)[C@@H]1CCC(C)=C[C@H]1c1c(O)cc(-c2ccccc2)cc1O. The van der Waals surface area contributed by atoms with E-state index in [4.69, 9.17) is 0 Å². The van der Waals surface area contributed by atoms with Crippen molar-refractivity contribution in [2.45, 2.75) is 32.6 Å². The van der Waals surface area contributed by atoms with Crippen LogP contribution in [0.25, 0.3) is 11.1 Å². The van der Waals surface area contributed by atoms with E-state index in [1.807, 2.05) is 37.3 Å². The maximum absolute atomic E-state index is 10.7. The summed E-state index contributed by atoms with van der Waals surface area (Å²) in [4.78, 5) is 0. The normalized spacial score (nSPS) is 20.5. The molecule has 0 saturated carbocycles. The molecule has 0 saturated heterocycles. The summed E-state index contributed by atoms with van der Waals surface area (Å²) in [6, 6.07) is 13.3. The molecule has 0 aliphatic heterocycles. The number of phenols is 2. The summed E-state index contributed by atoms with van der Waals surface area (Å²) in [5.41, 5.74) is 4.79. The Bertz CT molecular complexity index is 764. The molecule has 0 heterocycles. The van der Waals surface area contributed by atoms with Crippen molar-refractivity contribution in [3.63, 3.8) is 0 Å². The van der Waals surface area contributed by atoms with E-state index in [1.54, 1.807) is 12.1 Å². The van der Waals surface area contributed by atoms with Crippen molar-refractivity contribution in [2.75, 3.05) is 0 Å². The number of hydrogen-bond donors (Lipinski definition) is 2. The Morgan fingerprint density at radius 2 is 1.67 bits per heavy atom. The molecule has 2 N–H and O–H groups in total. The zero-order chi connectivity index (χ0) is 17.3. The largest absolute Gasteiger partial charge is 0.507 e. The predicted octanol–water partition coefficient (Wildman–Crippen LogP) is 5.78. The molecule has 0 bridgehead atoms. The summed E-state index contributed by atoms with van der Waals surface area (Å²) in [5.74, 6) is 0.515. The average Bonchev–Trinajstić information content (AvgIpc) is 2.55. The Balaban J connectivity index is 2.08. The molecule has 2 atom stereocenters. The molecule has 124 valence electrons. The van der Waals surface area contributed by atoms with Gasteiger partial charge in [-0.3, -0.25) is 0 Å². The highest BCUT2D eigenvalue weighted by molar-refractivity contribution is 5.69. The van der Waals surface area contributed by atoms with Crippen molar-refractivity contribution in [3.8, 4) is 22.6 Å². The van der Waals surface area contributed by atoms with Crippen molar-refractivity contribution in [1.29, 1.82) is 0 Å². The molecule has 2 aromatic rings. The van der Waals surface area contributed by atoms with Crippen LogP contribution in [0.1, 0.15) is 38.2 Å². The summed E-state index contributed by atoms with van der Waals surface area (Å²) in [7, 11) is 0. The van der Waals surface area contributed by atoms with Crippen LogP contribution in [0.4, 0.5) is 0 Å². The van der Waals surface area contributed by atoms with Gasteiger partial charge in [0.1, 0.15) is 11.5 Å². The highest BCUT2D eigenvalue weighted by atomic mass is 16.3. The summed E-state index contributed by atoms with van der Waals surface area (Å²) >= 11 is 0. The molecular formula is C22H24O2. The molecular weight excluding hydrogens is 296 g/mol. The van der Waals surface area contributed by atoms with E-state index in [2.05, 4.69) is 19.6 Å². The molecule has 0 spiro atoms. The lowest BCUT2D eigenvalue weighted by molar-refractivity contribution is 0.407. The van der Waals surface area contributed by atoms with E-state index in [-0.39, 0.29) is 23.3 Å².